The van der Waals surface area contributed by atoms with E-state index in [-0.39, 0.29) is 17.2 Å². The summed E-state index contributed by atoms with van der Waals surface area (Å²) in [6, 6.07) is 24.7. The first-order valence-electron chi connectivity index (χ1n) is 11.5. The molecule has 1 N–H and O–H groups in total. The van der Waals surface area contributed by atoms with Crippen LogP contribution in [0.25, 0.3) is 5.76 Å². The third kappa shape index (κ3) is 4.38. The fourth-order valence-electron chi connectivity index (χ4n) is 4.21. The van der Waals surface area contributed by atoms with Gasteiger partial charge in [0.2, 0.25) is 0 Å². The zero-order chi connectivity index (χ0) is 25.2. The summed E-state index contributed by atoms with van der Waals surface area (Å²) in [5.41, 5.74) is 3.10. The molecule has 0 aliphatic carbocycles. The molecule has 36 heavy (non-hydrogen) atoms. The van der Waals surface area contributed by atoms with Crippen molar-refractivity contribution >= 4 is 23.3 Å². The predicted octanol–water partition coefficient (Wildman–Crippen LogP) is 5.50. The van der Waals surface area contributed by atoms with Gasteiger partial charge in [-0.25, -0.2) is 0 Å². The Bertz CT molecular complexity index is 1440. The molecule has 1 saturated heterocycles. The second kappa shape index (κ2) is 9.54. The van der Waals surface area contributed by atoms with Crippen LogP contribution in [0, 0.1) is 13.8 Å². The first kappa shape index (κ1) is 23.1. The van der Waals surface area contributed by atoms with Crippen molar-refractivity contribution in [2.24, 2.45) is 0 Å². The highest BCUT2D eigenvalue weighted by atomic mass is 16.5. The number of ketones is 1. The van der Waals surface area contributed by atoms with E-state index in [0.29, 0.717) is 29.2 Å². The van der Waals surface area contributed by atoms with E-state index in [1.807, 2.05) is 49.4 Å². The van der Waals surface area contributed by atoms with E-state index in [1.54, 1.807) is 49.4 Å². The van der Waals surface area contributed by atoms with E-state index in [1.165, 1.54) is 4.90 Å². The van der Waals surface area contributed by atoms with Crippen molar-refractivity contribution in [3.05, 3.63) is 119 Å². The largest absolute Gasteiger partial charge is 0.507 e. The summed E-state index contributed by atoms with van der Waals surface area (Å²) >= 11 is 0. The number of nitrogens with zero attached hydrogens (tertiary/aromatic N) is 2. The maximum atomic E-state index is 13.2. The summed E-state index contributed by atoms with van der Waals surface area (Å²) in [7, 11) is 0. The van der Waals surface area contributed by atoms with Crippen LogP contribution < -0.4 is 9.64 Å². The van der Waals surface area contributed by atoms with Gasteiger partial charge in [0.1, 0.15) is 23.9 Å². The third-order valence-electron chi connectivity index (χ3n) is 6.08. The molecule has 1 atom stereocenters. The topological polar surface area (TPSA) is 92.9 Å². The van der Waals surface area contributed by atoms with Gasteiger partial charge in [-0.05, 0) is 37.1 Å². The second-order valence-corrected chi connectivity index (χ2v) is 8.67. The number of aliphatic hydroxyl groups is 1. The minimum absolute atomic E-state index is 0.0116. The van der Waals surface area contributed by atoms with Crippen molar-refractivity contribution < 1.29 is 24.0 Å². The molecule has 1 aliphatic rings. The van der Waals surface area contributed by atoms with E-state index in [2.05, 4.69) is 5.16 Å². The van der Waals surface area contributed by atoms with Gasteiger partial charge in [0.15, 0.2) is 5.82 Å². The molecule has 0 spiro atoms. The van der Waals surface area contributed by atoms with Crippen LogP contribution in [0.3, 0.4) is 0 Å². The van der Waals surface area contributed by atoms with Crippen molar-refractivity contribution in [1.29, 1.82) is 0 Å². The quantitative estimate of drug-likeness (QED) is 0.223. The number of rotatable bonds is 6. The first-order valence-corrected chi connectivity index (χ1v) is 11.5. The number of anilines is 1. The van der Waals surface area contributed by atoms with Crippen LogP contribution >= 0.6 is 0 Å². The molecular weight excluding hydrogens is 456 g/mol. The second-order valence-electron chi connectivity index (χ2n) is 8.67. The monoisotopic (exact) mass is 480 g/mol. The van der Waals surface area contributed by atoms with Gasteiger partial charge < -0.3 is 14.4 Å². The number of hydrogen-bond donors (Lipinski definition) is 1. The van der Waals surface area contributed by atoms with Crippen LogP contribution in [0.5, 0.6) is 5.75 Å². The normalized spacial score (nSPS) is 16.9. The molecule has 0 unspecified atom stereocenters. The molecule has 3 aromatic carbocycles. The Labute approximate surface area is 208 Å². The summed E-state index contributed by atoms with van der Waals surface area (Å²) in [6.45, 7) is 4.04. The minimum atomic E-state index is -0.890. The van der Waals surface area contributed by atoms with Crippen molar-refractivity contribution in [3.8, 4) is 5.75 Å². The van der Waals surface area contributed by atoms with E-state index in [4.69, 9.17) is 9.26 Å². The molecule has 7 heteroatoms. The smallest absolute Gasteiger partial charge is 0.301 e. The number of ether oxygens (including phenoxy) is 1. The molecule has 7 nitrogen and oxygen atoms in total. The zero-order valence-electron chi connectivity index (χ0n) is 19.8. The number of amides is 1. The van der Waals surface area contributed by atoms with E-state index in [0.717, 1.165) is 11.1 Å². The lowest BCUT2D eigenvalue weighted by Crippen LogP contribution is -2.29. The van der Waals surface area contributed by atoms with Gasteiger partial charge in [0.05, 0.1) is 11.6 Å². The molecule has 2 heterocycles. The molecule has 1 fully saturated rings. The third-order valence-corrected chi connectivity index (χ3v) is 6.08. The lowest BCUT2D eigenvalue weighted by Gasteiger charge is -2.23. The first-order chi connectivity index (χ1) is 17.4. The lowest BCUT2D eigenvalue weighted by molar-refractivity contribution is -0.132. The van der Waals surface area contributed by atoms with Crippen LogP contribution in [-0.2, 0) is 16.2 Å². The maximum absolute atomic E-state index is 13.2. The van der Waals surface area contributed by atoms with Crippen molar-refractivity contribution in [1.82, 2.24) is 5.16 Å². The van der Waals surface area contributed by atoms with Gasteiger partial charge in [0.25, 0.3) is 5.78 Å². The van der Waals surface area contributed by atoms with E-state index >= 15 is 0 Å². The minimum Gasteiger partial charge on any atom is -0.507 e. The van der Waals surface area contributed by atoms with Gasteiger partial charge in [0, 0.05) is 11.6 Å². The molecule has 1 aliphatic heterocycles. The summed E-state index contributed by atoms with van der Waals surface area (Å²) in [6.07, 6.45) is 0. The molecule has 1 amide bonds. The highest BCUT2D eigenvalue weighted by molar-refractivity contribution is 6.51. The SMILES string of the molecule is Cc1ccc(/C(O)=C2\C(=O)C(=O)N(c3cc(C)on3)[C@@H]2c2ccc(OCc3ccccc3)cc2)cc1. The number of aliphatic hydroxyl groups excluding tert-OH is 1. The Morgan fingerprint density at radius 3 is 2.31 bits per heavy atom. The Morgan fingerprint density at radius 1 is 0.972 bits per heavy atom. The van der Waals surface area contributed by atoms with Crippen LogP contribution in [0.1, 0.15) is 34.1 Å². The van der Waals surface area contributed by atoms with Crippen molar-refractivity contribution in [3.63, 3.8) is 0 Å². The van der Waals surface area contributed by atoms with Gasteiger partial charge in [-0.3, -0.25) is 14.5 Å². The Hall–Kier alpha value is -4.65. The van der Waals surface area contributed by atoms with Gasteiger partial charge >= 0.3 is 5.91 Å². The summed E-state index contributed by atoms with van der Waals surface area (Å²) in [5, 5.41) is 15.1. The molecule has 0 saturated carbocycles. The van der Waals surface area contributed by atoms with E-state index in [9.17, 15) is 14.7 Å². The molecule has 0 bridgehead atoms. The van der Waals surface area contributed by atoms with E-state index < -0.39 is 17.7 Å². The average molecular weight is 481 g/mol. The highest BCUT2D eigenvalue weighted by Crippen LogP contribution is 2.42. The van der Waals surface area contributed by atoms with Crippen LogP contribution in [0.4, 0.5) is 5.82 Å². The van der Waals surface area contributed by atoms with Crippen LogP contribution in [0.15, 0.2) is 95.0 Å². The van der Waals surface area contributed by atoms with Crippen molar-refractivity contribution in [2.75, 3.05) is 4.90 Å². The number of benzene rings is 3. The van der Waals surface area contributed by atoms with Gasteiger partial charge in [-0.15, -0.1) is 0 Å². The molecular formula is C29H24N2O5. The Kier molecular flexibility index (Phi) is 6.12. The number of carbonyl (C=O) groups excluding carboxylic acids is 2. The van der Waals surface area contributed by atoms with Gasteiger partial charge in [-0.1, -0.05) is 77.5 Å². The average Bonchev–Trinajstić information content (AvgIpc) is 3.44. The highest BCUT2D eigenvalue weighted by Gasteiger charge is 2.48. The fourth-order valence-corrected chi connectivity index (χ4v) is 4.21. The lowest BCUT2D eigenvalue weighted by atomic mass is 9.95. The van der Waals surface area contributed by atoms with Crippen LogP contribution in [0.2, 0.25) is 0 Å². The predicted molar refractivity (Wildman–Crippen MR) is 134 cm³/mol. The van der Waals surface area contributed by atoms with Crippen LogP contribution in [-0.4, -0.2) is 22.0 Å². The standard InChI is InChI=1S/C29H24N2O5/c1-18-8-10-22(11-9-18)27(32)25-26(31(29(34)28(25)33)24-16-19(2)36-30-24)21-12-14-23(15-13-21)35-17-20-6-4-3-5-7-20/h3-16,26,32H,17H2,1-2H3/b27-25+/t26-/m1/s1. The number of Topliss-reactive ketones (excluding diaryl/α,β-unsaturated/α-hetero) is 1. The van der Waals surface area contributed by atoms with Crippen molar-refractivity contribution in [2.45, 2.75) is 26.5 Å². The Balaban J connectivity index is 1.54. The summed E-state index contributed by atoms with van der Waals surface area (Å²) in [4.78, 5) is 27.6. The number of hydrogen-bond acceptors (Lipinski definition) is 6. The molecule has 4 aromatic rings. The number of aryl methyl sites for hydroxylation is 2. The fraction of sp³-hybridized carbons (Fsp3) is 0.138. The number of aromatic nitrogens is 1. The maximum Gasteiger partial charge on any atom is 0.301 e. The molecule has 1 aromatic heterocycles. The molecule has 5 rings (SSSR count). The summed E-state index contributed by atoms with van der Waals surface area (Å²) < 4.78 is 11.1. The number of carbonyl (C=O) groups is 2. The summed E-state index contributed by atoms with van der Waals surface area (Å²) in [5.74, 6) is -0.490. The Morgan fingerprint density at radius 2 is 1.67 bits per heavy atom. The molecule has 0 radical (unpaired) electrons. The van der Waals surface area contributed by atoms with Gasteiger partial charge in [-0.2, -0.15) is 0 Å². The molecule has 180 valence electrons. The zero-order valence-corrected chi connectivity index (χ0v) is 19.8.